The molecule has 98 valence electrons. The Morgan fingerprint density at radius 3 is 2.21 bits per heavy atom. The van der Waals surface area contributed by atoms with Crippen molar-refractivity contribution in [1.29, 1.82) is 0 Å². The van der Waals surface area contributed by atoms with Crippen molar-refractivity contribution in [1.82, 2.24) is 0 Å². The molecular formula is C15H15NO2S. The quantitative estimate of drug-likeness (QED) is 0.864. The summed E-state index contributed by atoms with van der Waals surface area (Å²) in [6.45, 7) is 5.46. The first-order valence-corrected chi connectivity index (χ1v) is 6.84. The molecule has 2 aromatic rings. The molecule has 1 amide bonds. The lowest BCUT2D eigenvalue weighted by Gasteiger charge is -2.05. The fourth-order valence-corrected chi connectivity index (χ4v) is 2.59. The first kappa shape index (κ1) is 13.5. The van der Waals surface area contributed by atoms with E-state index < -0.39 is 0 Å². The lowest BCUT2D eigenvalue weighted by atomic mass is 10.1. The van der Waals surface area contributed by atoms with Crippen LogP contribution in [0.3, 0.4) is 0 Å². The van der Waals surface area contributed by atoms with Crippen LogP contribution in [0.1, 0.15) is 38.1 Å². The first-order valence-electron chi connectivity index (χ1n) is 5.96. The molecule has 1 heterocycles. The van der Waals surface area contributed by atoms with Crippen LogP contribution in [0.5, 0.6) is 0 Å². The Bertz CT molecular complexity index is 626. The highest BCUT2D eigenvalue weighted by Gasteiger charge is 2.12. The van der Waals surface area contributed by atoms with Gasteiger partial charge in [0.05, 0.1) is 5.56 Å². The summed E-state index contributed by atoms with van der Waals surface area (Å²) in [4.78, 5) is 24.4. The van der Waals surface area contributed by atoms with Gasteiger partial charge in [-0.15, -0.1) is 11.3 Å². The summed E-state index contributed by atoms with van der Waals surface area (Å²) < 4.78 is 0. The van der Waals surface area contributed by atoms with E-state index in [1.54, 1.807) is 35.6 Å². The van der Waals surface area contributed by atoms with Crippen molar-refractivity contribution in [2.45, 2.75) is 20.8 Å². The van der Waals surface area contributed by atoms with E-state index in [-0.39, 0.29) is 11.7 Å². The van der Waals surface area contributed by atoms with Gasteiger partial charge >= 0.3 is 0 Å². The van der Waals surface area contributed by atoms with Gasteiger partial charge in [0.15, 0.2) is 5.78 Å². The minimum atomic E-state index is -0.113. The van der Waals surface area contributed by atoms with E-state index in [1.807, 2.05) is 19.2 Å². The van der Waals surface area contributed by atoms with Crippen molar-refractivity contribution in [2.24, 2.45) is 0 Å². The second-order valence-corrected chi connectivity index (χ2v) is 5.50. The van der Waals surface area contributed by atoms with E-state index in [9.17, 15) is 9.59 Å². The number of carbonyl (C=O) groups excluding carboxylic acids is 2. The van der Waals surface area contributed by atoms with Gasteiger partial charge < -0.3 is 5.32 Å². The standard InChI is InChI=1S/C15H15NO2S/c1-9-11(3)19-8-14(9)15(18)16-13-6-4-12(5-7-13)10(2)17/h4-8H,1-3H3,(H,16,18). The van der Waals surface area contributed by atoms with Crippen molar-refractivity contribution in [3.63, 3.8) is 0 Å². The number of hydrogen-bond donors (Lipinski definition) is 1. The van der Waals surface area contributed by atoms with E-state index in [0.717, 1.165) is 10.4 Å². The van der Waals surface area contributed by atoms with Gasteiger partial charge in [-0.3, -0.25) is 9.59 Å². The zero-order chi connectivity index (χ0) is 14.0. The van der Waals surface area contributed by atoms with Crippen molar-refractivity contribution in [2.75, 3.05) is 5.32 Å². The molecule has 0 fully saturated rings. The van der Waals surface area contributed by atoms with Crippen molar-refractivity contribution >= 4 is 28.7 Å². The lowest BCUT2D eigenvalue weighted by molar-refractivity contribution is 0.101. The molecule has 1 aromatic heterocycles. The minimum absolute atomic E-state index is 0.0159. The topological polar surface area (TPSA) is 46.2 Å². The van der Waals surface area contributed by atoms with Gasteiger partial charge in [-0.05, 0) is 50.6 Å². The number of anilines is 1. The number of nitrogens with one attached hydrogen (secondary N) is 1. The molecular weight excluding hydrogens is 258 g/mol. The number of ketones is 1. The van der Waals surface area contributed by atoms with Gasteiger partial charge in [-0.25, -0.2) is 0 Å². The molecule has 0 spiro atoms. The van der Waals surface area contributed by atoms with Crippen molar-refractivity contribution in [3.8, 4) is 0 Å². The van der Waals surface area contributed by atoms with Crippen LogP contribution in [0.4, 0.5) is 5.69 Å². The maximum atomic E-state index is 12.1. The first-order chi connectivity index (χ1) is 8.99. The molecule has 1 N–H and O–H groups in total. The number of rotatable bonds is 3. The largest absolute Gasteiger partial charge is 0.322 e. The third kappa shape index (κ3) is 2.90. The normalized spacial score (nSPS) is 10.3. The van der Waals surface area contributed by atoms with E-state index in [1.165, 1.54) is 6.92 Å². The van der Waals surface area contributed by atoms with Gasteiger partial charge in [0, 0.05) is 21.5 Å². The fraction of sp³-hybridized carbons (Fsp3) is 0.200. The van der Waals surface area contributed by atoms with Crippen LogP contribution in [-0.2, 0) is 0 Å². The van der Waals surface area contributed by atoms with E-state index in [4.69, 9.17) is 0 Å². The Hall–Kier alpha value is -1.94. The predicted octanol–water partition coefficient (Wildman–Crippen LogP) is 3.82. The van der Waals surface area contributed by atoms with E-state index in [2.05, 4.69) is 5.32 Å². The maximum Gasteiger partial charge on any atom is 0.256 e. The highest BCUT2D eigenvalue weighted by Crippen LogP contribution is 2.21. The van der Waals surface area contributed by atoms with Crippen LogP contribution in [0.15, 0.2) is 29.6 Å². The molecule has 2 rings (SSSR count). The SMILES string of the molecule is CC(=O)c1ccc(NC(=O)c2csc(C)c2C)cc1. The summed E-state index contributed by atoms with van der Waals surface area (Å²) in [6.07, 6.45) is 0. The Morgan fingerprint density at radius 2 is 1.74 bits per heavy atom. The second kappa shape index (κ2) is 5.36. The maximum absolute atomic E-state index is 12.1. The average Bonchev–Trinajstić information content (AvgIpc) is 2.70. The summed E-state index contributed by atoms with van der Waals surface area (Å²) in [6, 6.07) is 6.90. The second-order valence-electron chi connectivity index (χ2n) is 4.42. The summed E-state index contributed by atoms with van der Waals surface area (Å²) in [7, 11) is 0. The third-order valence-electron chi connectivity index (χ3n) is 3.08. The number of benzene rings is 1. The summed E-state index contributed by atoms with van der Waals surface area (Å²) in [5, 5.41) is 4.70. The van der Waals surface area contributed by atoms with Crippen molar-refractivity contribution < 1.29 is 9.59 Å². The molecule has 0 saturated heterocycles. The van der Waals surface area contributed by atoms with Gasteiger partial charge in [0.25, 0.3) is 5.91 Å². The summed E-state index contributed by atoms with van der Waals surface area (Å²) in [5.41, 5.74) is 3.06. The molecule has 0 saturated carbocycles. The predicted molar refractivity (Wildman–Crippen MR) is 78.2 cm³/mol. The van der Waals surface area contributed by atoms with Gasteiger partial charge in [-0.2, -0.15) is 0 Å². The van der Waals surface area contributed by atoms with E-state index in [0.29, 0.717) is 16.8 Å². The van der Waals surface area contributed by atoms with E-state index >= 15 is 0 Å². The van der Waals surface area contributed by atoms with Crippen LogP contribution >= 0.6 is 11.3 Å². The zero-order valence-electron chi connectivity index (χ0n) is 11.1. The highest BCUT2D eigenvalue weighted by atomic mass is 32.1. The Labute approximate surface area is 116 Å². The Kier molecular flexibility index (Phi) is 3.81. The molecule has 0 radical (unpaired) electrons. The summed E-state index contributed by atoms with van der Waals surface area (Å²) >= 11 is 1.57. The minimum Gasteiger partial charge on any atom is -0.322 e. The number of carbonyl (C=O) groups is 2. The molecule has 0 aliphatic heterocycles. The number of hydrogen-bond acceptors (Lipinski definition) is 3. The fourth-order valence-electron chi connectivity index (χ4n) is 1.72. The van der Waals surface area contributed by atoms with Crippen LogP contribution in [0.25, 0.3) is 0 Å². The molecule has 0 aliphatic rings. The Balaban J connectivity index is 2.15. The average molecular weight is 273 g/mol. The molecule has 0 bridgehead atoms. The highest BCUT2D eigenvalue weighted by molar-refractivity contribution is 7.10. The molecule has 0 atom stereocenters. The third-order valence-corrected chi connectivity index (χ3v) is 4.09. The summed E-state index contributed by atoms with van der Waals surface area (Å²) in [5.74, 6) is -0.0976. The lowest BCUT2D eigenvalue weighted by Crippen LogP contribution is -2.12. The molecule has 1 aromatic carbocycles. The van der Waals surface area contributed by atoms with Crippen molar-refractivity contribution in [3.05, 3.63) is 51.2 Å². The van der Waals surface area contributed by atoms with Gasteiger partial charge in [0.2, 0.25) is 0 Å². The van der Waals surface area contributed by atoms with Crippen LogP contribution < -0.4 is 5.32 Å². The zero-order valence-corrected chi connectivity index (χ0v) is 11.9. The molecule has 19 heavy (non-hydrogen) atoms. The molecule has 3 nitrogen and oxygen atoms in total. The monoisotopic (exact) mass is 273 g/mol. The number of thiophene rings is 1. The number of aryl methyl sites for hydroxylation is 1. The van der Waals surface area contributed by atoms with Gasteiger partial charge in [-0.1, -0.05) is 0 Å². The van der Waals surface area contributed by atoms with Gasteiger partial charge in [0.1, 0.15) is 0 Å². The van der Waals surface area contributed by atoms with Crippen LogP contribution in [0.2, 0.25) is 0 Å². The Morgan fingerprint density at radius 1 is 1.11 bits per heavy atom. The van der Waals surface area contributed by atoms with Crippen LogP contribution in [-0.4, -0.2) is 11.7 Å². The number of amides is 1. The molecule has 0 unspecified atom stereocenters. The number of Topliss-reactive ketones (excluding diaryl/α,β-unsaturated/α-hetero) is 1. The molecule has 4 heteroatoms. The van der Waals surface area contributed by atoms with Crippen LogP contribution in [0, 0.1) is 13.8 Å². The molecule has 0 aliphatic carbocycles. The smallest absolute Gasteiger partial charge is 0.256 e.